The molecule has 0 amide bonds. The molecule has 1 aromatic carbocycles. The molecular formula is C19H22F2N2O2. The normalized spacial score (nSPS) is 17.4. The van der Waals surface area contributed by atoms with Gasteiger partial charge in [-0.1, -0.05) is 18.2 Å². The highest BCUT2D eigenvalue weighted by Crippen LogP contribution is 2.24. The van der Waals surface area contributed by atoms with Crippen molar-refractivity contribution in [3.8, 4) is 5.75 Å². The number of nitrogens with zero attached hydrogens (tertiary/aromatic N) is 2. The number of halogens is 2. The van der Waals surface area contributed by atoms with Gasteiger partial charge in [-0.3, -0.25) is 9.88 Å². The molecule has 0 spiro atoms. The summed E-state index contributed by atoms with van der Waals surface area (Å²) in [6.07, 6.45) is 5.80. The molecule has 0 bridgehead atoms. The zero-order valence-electron chi connectivity index (χ0n) is 14.0. The third-order valence-corrected chi connectivity index (χ3v) is 4.22. The largest absolute Gasteiger partial charge is 0.434 e. The minimum atomic E-state index is -2.83. The van der Waals surface area contributed by atoms with E-state index in [1.807, 2.05) is 24.3 Å². The summed E-state index contributed by atoms with van der Waals surface area (Å²) in [5.41, 5.74) is 1.87. The molecule has 1 aromatic heterocycles. The van der Waals surface area contributed by atoms with Gasteiger partial charge in [0, 0.05) is 44.2 Å². The molecule has 0 N–H and O–H groups in total. The Morgan fingerprint density at radius 2 is 1.96 bits per heavy atom. The Hall–Kier alpha value is -2.05. The Balaban J connectivity index is 1.74. The Labute approximate surface area is 146 Å². The van der Waals surface area contributed by atoms with Crippen LogP contribution in [0.15, 0.2) is 48.8 Å². The maximum absolute atomic E-state index is 12.6. The minimum absolute atomic E-state index is 0.185. The van der Waals surface area contributed by atoms with Gasteiger partial charge in [0.25, 0.3) is 0 Å². The predicted octanol–water partition coefficient (Wildman–Crippen LogP) is 3.86. The molecule has 25 heavy (non-hydrogen) atoms. The summed E-state index contributed by atoms with van der Waals surface area (Å²) in [7, 11) is 0. The third kappa shape index (κ3) is 5.47. The van der Waals surface area contributed by atoms with Crippen LogP contribution in [-0.2, 0) is 17.8 Å². The number of alkyl halides is 2. The van der Waals surface area contributed by atoms with Crippen LogP contribution in [0.2, 0.25) is 0 Å². The highest BCUT2D eigenvalue weighted by Gasteiger charge is 2.21. The molecule has 0 saturated carbocycles. The Morgan fingerprint density at radius 1 is 1.16 bits per heavy atom. The van der Waals surface area contributed by atoms with Crippen molar-refractivity contribution in [2.45, 2.75) is 38.6 Å². The lowest BCUT2D eigenvalue weighted by Crippen LogP contribution is -2.31. The van der Waals surface area contributed by atoms with E-state index >= 15 is 0 Å². The molecule has 0 unspecified atom stereocenters. The van der Waals surface area contributed by atoms with Crippen LogP contribution < -0.4 is 4.74 Å². The second-order valence-corrected chi connectivity index (χ2v) is 6.15. The van der Waals surface area contributed by atoms with Crippen LogP contribution in [0, 0.1) is 0 Å². The van der Waals surface area contributed by atoms with Crippen LogP contribution in [0.5, 0.6) is 5.75 Å². The van der Waals surface area contributed by atoms with E-state index < -0.39 is 6.61 Å². The van der Waals surface area contributed by atoms with Crippen molar-refractivity contribution in [1.82, 2.24) is 9.88 Å². The van der Waals surface area contributed by atoms with Gasteiger partial charge < -0.3 is 9.47 Å². The topological polar surface area (TPSA) is 34.6 Å². The zero-order valence-corrected chi connectivity index (χ0v) is 14.0. The van der Waals surface area contributed by atoms with Crippen LogP contribution in [0.1, 0.15) is 24.0 Å². The van der Waals surface area contributed by atoms with Gasteiger partial charge in [-0.25, -0.2) is 0 Å². The summed E-state index contributed by atoms with van der Waals surface area (Å²) >= 11 is 0. The van der Waals surface area contributed by atoms with Crippen LogP contribution in [0.25, 0.3) is 0 Å². The highest BCUT2D eigenvalue weighted by molar-refractivity contribution is 5.33. The van der Waals surface area contributed by atoms with E-state index in [9.17, 15) is 8.78 Å². The van der Waals surface area contributed by atoms with Crippen molar-refractivity contribution in [1.29, 1.82) is 0 Å². The van der Waals surface area contributed by atoms with Gasteiger partial charge in [0.1, 0.15) is 5.75 Å². The number of aromatic nitrogens is 1. The Bertz CT molecular complexity index is 649. The van der Waals surface area contributed by atoms with Gasteiger partial charge in [-0.15, -0.1) is 0 Å². The fourth-order valence-corrected chi connectivity index (χ4v) is 3.09. The average Bonchev–Trinajstić information content (AvgIpc) is 3.10. The first-order valence-electron chi connectivity index (χ1n) is 8.46. The number of benzene rings is 1. The molecular weight excluding hydrogens is 326 g/mol. The van der Waals surface area contributed by atoms with Crippen LogP contribution >= 0.6 is 0 Å². The van der Waals surface area contributed by atoms with E-state index in [-0.39, 0.29) is 11.9 Å². The van der Waals surface area contributed by atoms with E-state index in [1.54, 1.807) is 24.5 Å². The molecule has 1 aliphatic heterocycles. The fraction of sp³-hybridized carbons (Fsp3) is 0.421. The third-order valence-electron chi connectivity index (χ3n) is 4.22. The number of para-hydroxylation sites is 1. The fourth-order valence-electron chi connectivity index (χ4n) is 3.09. The standard InChI is InChI=1S/C19H22F2N2O2/c20-19(21)25-18-6-2-1-4-16(18)13-23(14-17-5-3-11-24-17)12-15-7-9-22-10-8-15/h1-2,4,6-10,17,19H,3,5,11-14H2/t17-/m1/s1. The lowest BCUT2D eigenvalue weighted by Gasteiger charge is -2.26. The van der Waals surface area contributed by atoms with Gasteiger partial charge in [-0.05, 0) is 36.6 Å². The van der Waals surface area contributed by atoms with Crippen molar-refractivity contribution in [2.75, 3.05) is 13.2 Å². The first kappa shape index (κ1) is 17.8. The molecule has 2 heterocycles. The van der Waals surface area contributed by atoms with Crippen molar-refractivity contribution in [3.05, 3.63) is 59.9 Å². The van der Waals surface area contributed by atoms with E-state index in [0.29, 0.717) is 13.1 Å². The minimum Gasteiger partial charge on any atom is -0.434 e. The smallest absolute Gasteiger partial charge is 0.387 e. The van der Waals surface area contributed by atoms with Gasteiger partial charge in [0.2, 0.25) is 0 Å². The molecule has 0 aliphatic carbocycles. The molecule has 1 aliphatic rings. The SMILES string of the molecule is FC(F)Oc1ccccc1CN(Cc1ccncc1)C[C@H]1CCCO1. The molecule has 6 heteroatoms. The first-order chi connectivity index (χ1) is 12.2. The summed E-state index contributed by atoms with van der Waals surface area (Å²) in [5, 5.41) is 0. The van der Waals surface area contributed by atoms with E-state index in [4.69, 9.17) is 4.74 Å². The number of hydrogen-bond acceptors (Lipinski definition) is 4. The summed E-state index contributed by atoms with van der Waals surface area (Å²) in [6.45, 7) is -0.0614. The molecule has 0 radical (unpaired) electrons. The van der Waals surface area contributed by atoms with Crippen molar-refractivity contribution in [3.63, 3.8) is 0 Å². The van der Waals surface area contributed by atoms with Gasteiger partial charge >= 0.3 is 6.61 Å². The summed E-state index contributed by atoms with van der Waals surface area (Å²) in [4.78, 5) is 6.25. The maximum atomic E-state index is 12.6. The summed E-state index contributed by atoms with van der Waals surface area (Å²) < 4.78 is 35.7. The quantitative estimate of drug-likeness (QED) is 0.725. The van der Waals surface area contributed by atoms with Crippen LogP contribution in [-0.4, -0.2) is 35.8 Å². The second-order valence-electron chi connectivity index (χ2n) is 6.15. The van der Waals surface area contributed by atoms with E-state index in [0.717, 1.165) is 37.1 Å². The Morgan fingerprint density at radius 3 is 2.68 bits per heavy atom. The maximum Gasteiger partial charge on any atom is 0.387 e. The number of pyridine rings is 1. The molecule has 1 saturated heterocycles. The average molecular weight is 348 g/mol. The number of rotatable bonds is 8. The number of hydrogen-bond donors (Lipinski definition) is 0. The monoisotopic (exact) mass is 348 g/mol. The first-order valence-corrected chi connectivity index (χ1v) is 8.46. The van der Waals surface area contributed by atoms with E-state index in [1.165, 1.54) is 0 Å². The van der Waals surface area contributed by atoms with Gasteiger partial charge in [0.05, 0.1) is 6.10 Å². The van der Waals surface area contributed by atoms with Gasteiger partial charge in [0.15, 0.2) is 0 Å². The predicted molar refractivity (Wildman–Crippen MR) is 90.4 cm³/mol. The molecule has 1 fully saturated rings. The van der Waals surface area contributed by atoms with Crippen LogP contribution in [0.3, 0.4) is 0 Å². The lowest BCUT2D eigenvalue weighted by atomic mass is 10.1. The molecule has 4 nitrogen and oxygen atoms in total. The van der Waals surface area contributed by atoms with Crippen molar-refractivity contribution in [2.24, 2.45) is 0 Å². The van der Waals surface area contributed by atoms with Crippen molar-refractivity contribution < 1.29 is 18.3 Å². The molecule has 1 atom stereocenters. The van der Waals surface area contributed by atoms with E-state index in [2.05, 4.69) is 14.6 Å². The molecule has 2 aromatic rings. The second kappa shape index (κ2) is 8.87. The molecule has 134 valence electrons. The van der Waals surface area contributed by atoms with Crippen molar-refractivity contribution >= 4 is 0 Å². The molecule has 3 rings (SSSR count). The highest BCUT2D eigenvalue weighted by atomic mass is 19.3. The van der Waals surface area contributed by atoms with Crippen LogP contribution in [0.4, 0.5) is 8.78 Å². The summed E-state index contributed by atoms with van der Waals surface area (Å²) in [6, 6.07) is 10.9. The number of ether oxygens (including phenoxy) is 2. The van der Waals surface area contributed by atoms with Gasteiger partial charge in [-0.2, -0.15) is 8.78 Å². The Kier molecular flexibility index (Phi) is 6.30. The zero-order chi connectivity index (χ0) is 17.5. The summed E-state index contributed by atoms with van der Waals surface area (Å²) in [5.74, 6) is 0.226. The lowest BCUT2D eigenvalue weighted by molar-refractivity contribution is -0.0509.